The third-order valence-electron chi connectivity index (χ3n) is 5.35. The smallest absolute Gasteiger partial charge is 0.312 e. The van der Waals surface area contributed by atoms with E-state index < -0.39 is 17.9 Å². The molecule has 3 rings (SSSR count). The van der Waals surface area contributed by atoms with Crippen LogP contribution in [-0.2, 0) is 20.9 Å². The lowest BCUT2D eigenvalue weighted by Gasteiger charge is -2.37. The van der Waals surface area contributed by atoms with Crippen molar-refractivity contribution in [3.63, 3.8) is 0 Å². The summed E-state index contributed by atoms with van der Waals surface area (Å²) in [5, 5.41) is 2.90. The maximum atomic E-state index is 13.1. The molecular formula is C23H26FN3O3. The highest BCUT2D eigenvalue weighted by Crippen LogP contribution is 2.20. The van der Waals surface area contributed by atoms with Crippen LogP contribution in [-0.4, -0.2) is 46.7 Å². The molecule has 1 aliphatic heterocycles. The van der Waals surface area contributed by atoms with Crippen molar-refractivity contribution in [1.29, 1.82) is 0 Å². The topological polar surface area (TPSA) is 69.7 Å². The summed E-state index contributed by atoms with van der Waals surface area (Å²) in [6.07, 6.45) is 0.397. The fraction of sp³-hybridized carbons (Fsp3) is 0.348. The predicted octanol–water partition coefficient (Wildman–Crippen LogP) is 3.03. The molecule has 1 saturated heterocycles. The number of nitrogens with zero attached hydrogens (tertiary/aromatic N) is 2. The Bertz CT molecular complexity index is 959. The maximum Gasteiger partial charge on any atom is 0.312 e. The van der Waals surface area contributed by atoms with Crippen LogP contribution in [0.5, 0.6) is 0 Å². The van der Waals surface area contributed by atoms with Crippen LogP contribution in [0.2, 0.25) is 0 Å². The number of hydrogen-bond acceptors (Lipinski definition) is 3. The number of rotatable bonds is 6. The Morgan fingerprint density at radius 3 is 2.43 bits per heavy atom. The zero-order valence-corrected chi connectivity index (χ0v) is 17.4. The van der Waals surface area contributed by atoms with E-state index >= 15 is 0 Å². The summed E-state index contributed by atoms with van der Waals surface area (Å²) in [4.78, 5) is 41.1. The lowest BCUT2D eigenvalue weighted by Crippen LogP contribution is -2.59. The monoisotopic (exact) mass is 411 g/mol. The average Bonchev–Trinajstić information content (AvgIpc) is 2.72. The maximum absolute atomic E-state index is 13.1. The molecule has 1 aliphatic rings. The van der Waals surface area contributed by atoms with E-state index in [2.05, 4.69) is 5.32 Å². The number of piperazine rings is 1. The predicted molar refractivity (Wildman–Crippen MR) is 112 cm³/mol. The highest BCUT2D eigenvalue weighted by Gasteiger charge is 2.38. The van der Waals surface area contributed by atoms with E-state index in [-0.39, 0.29) is 24.8 Å². The number of carbonyl (C=O) groups excluding carboxylic acids is 3. The minimum absolute atomic E-state index is 0.226. The van der Waals surface area contributed by atoms with Crippen LogP contribution < -0.4 is 5.32 Å². The summed E-state index contributed by atoms with van der Waals surface area (Å²) in [5.41, 5.74) is 3.39. The SMILES string of the molecule is CC[C@@H](C(=O)Nc1cc(C)ccc1C)N1CCN(Cc2ccc(F)cc2)C(=O)C1=O. The Hall–Kier alpha value is -3.22. The van der Waals surface area contributed by atoms with E-state index in [9.17, 15) is 18.8 Å². The molecule has 3 amide bonds. The summed E-state index contributed by atoms with van der Waals surface area (Å²) in [5.74, 6) is -2.00. The third-order valence-corrected chi connectivity index (χ3v) is 5.35. The minimum Gasteiger partial charge on any atom is -0.328 e. The van der Waals surface area contributed by atoms with Crippen LogP contribution in [0.25, 0.3) is 0 Å². The summed E-state index contributed by atoms with van der Waals surface area (Å²) in [6, 6.07) is 10.9. The van der Waals surface area contributed by atoms with E-state index in [0.717, 1.165) is 16.7 Å². The molecule has 0 unspecified atom stereocenters. The van der Waals surface area contributed by atoms with Gasteiger partial charge in [0.1, 0.15) is 11.9 Å². The molecule has 158 valence electrons. The first-order valence-electron chi connectivity index (χ1n) is 10.0. The van der Waals surface area contributed by atoms with Crippen molar-refractivity contribution in [2.75, 3.05) is 18.4 Å². The van der Waals surface area contributed by atoms with Crippen LogP contribution in [0, 0.1) is 19.7 Å². The van der Waals surface area contributed by atoms with Crippen molar-refractivity contribution in [3.8, 4) is 0 Å². The first-order valence-corrected chi connectivity index (χ1v) is 10.0. The largest absolute Gasteiger partial charge is 0.328 e. The zero-order valence-electron chi connectivity index (χ0n) is 17.4. The fourth-order valence-corrected chi connectivity index (χ4v) is 3.58. The molecule has 0 aliphatic carbocycles. The average molecular weight is 411 g/mol. The number of carbonyl (C=O) groups is 3. The van der Waals surface area contributed by atoms with Crippen molar-refractivity contribution in [3.05, 3.63) is 65.0 Å². The van der Waals surface area contributed by atoms with Gasteiger partial charge in [-0.05, 0) is 55.2 Å². The Balaban J connectivity index is 1.69. The van der Waals surface area contributed by atoms with Crippen molar-refractivity contribution in [2.24, 2.45) is 0 Å². The second-order valence-electron chi connectivity index (χ2n) is 7.58. The van der Waals surface area contributed by atoms with Gasteiger partial charge in [-0.15, -0.1) is 0 Å². The first kappa shape index (κ1) is 21.5. The second kappa shape index (κ2) is 9.07. The highest BCUT2D eigenvalue weighted by molar-refractivity contribution is 6.35. The van der Waals surface area contributed by atoms with Crippen LogP contribution in [0.4, 0.5) is 10.1 Å². The van der Waals surface area contributed by atoms with Gasteiger partial charge < -0.3 is 15.1 Å². The van der Waals surface area contributed by atoms with E-state index in [1.165, 1.54) is 21.9 Å². The van der Waals surface area contributed by atoms with Gasteiger partial charge in [-0.2, -0.15) is 0 Å². The molecule has 0 bridgehead atoms. The van der Waals surface area contributed by atoms with Gasteiger partial charge in [0.25, 0.3) is 0 Å². The Labute approximate surface area is 175 Å². The van der Waals surface area contributed by atoms with Gasteiger partial charge in [0.2, 0.25) is 5.91 Å². The summed E-state index contributed by atoms with van der Waals surface area (Å²) < 4.78 is 13.1. The molecule has 30 heavy (non-hydrogen) atoms. The molecule has 1 heterocycles. The van der Waals surface area contributed by atoms with E-state index in [1.54, 1.807) is 12.1 Å². The quantitative estimate of drug-likeness (QED) is 0.743. The van der Waals surface area contributed by atoms with E-state index in [4.69, 9.17) is 0 Å². The fourth-order valence-electron chi connectivity index (χ4n) is 3.58. The van der Waals surface area contributed by atoms with Gasteiger partial charge >= 0.3 is 11.8 Å². The number of hydrogen-bond donors (Lipinski definition) is 1. The van der Waals surface area contributed by atoms with Crippen molar-refractivity contribution in [2.45, 2.75) is 39.8 Å². The number of benzene rings is 2. The van der Waals surface area contributed by atoms with Crippen LogP contribution in [0.3, 0.4) is 0 Å². The molecule has 0 spiro atoms. The second-order valence-corrected chi connectivity index (χ2v) is 7.58. The molecule has 7 heteroatoms. The van der Waals surface area contributed by atoms with Gasteiger partial charge in [-0.1, -0.05) is 31.2 Å². The van der Waals surface area contributed by atoms with Crippen molar-refractivity contribution >= 4 is 23.4 Å². The standard InChI is InChI=1S/C23H26FN3O3/c1-4-20(21(28)25-19-13-15(2)5-6-16(19)3)27-12-11-26(22(29)23(27)30)14-17-7-9-18(24)10-8-17/h5-10,13,20H,4,11-12,14H2,1-3H3,(H,25,28)/t20-/m0/s1. The normalized spacial score (nSPS) is 15.3. The molecule has 1 N–H and O–H groups in total. The number of anilines is 1. The Morgan fingerprint density at radius 2 is 1.77 bits per heavy atom. The van der Waals surface area contributed by atoms with Crippen LogP contribution >= 0.6 is 0 Å². The molecule has 0 radical (unpaired) electrons. The molecule has 6 nitrogen and oxygen atoms in total. The van der Waals surface area contributed by atoms with Crippen molar-refractivity contribution < 1.29 is 18.8 Å². The van der Waals surface area contributed by atoms with Crippen molar-refractivity contribution in [1.82, 2.24) is 9.80 Å². The number of nitrogens with one attached hydrogen (secondary N) is 1. The van der Waals surface area contributed by atoms with E-state index in [1.807, 2.05) is 39.0 Å². The first-order chi connectivity index (χ1) is 14.3. The van der Waals surface area contributed by atoms with Gasteiger partial charge in [-0.25, -0.2) is 4.39 Å². The lowest BCUT2D eigenvalue weighted by molar-refractivity contribution is -0.159. The molecule has 0 aromatic heterocycles. The van der Waals surface area contributed by atoms with Crippen LogP contribution in [0.1, 0.15) is 30.0 Å². The molecular weight excluding hydrogens is 385 g/mol. The third kappa shape index (κ3) is 4.67. The molecule has 1 fully saturated rings. The number of aryl methyl sites for hydroxylation is 2. The summed E-state index contributed by atoms with van der Waals surface area (Å²) >= 11 is 0. The molecule has 0 saturated carbocycles. The lowest BCUT2D eigenvalue weighted by atomic mass is 10.1. The zero-order chi connectivity index (χ0) is 21.8. The summed E-state index contributed by atoms with van der Waals surface area (Å²) in [6.45, 7) is 6.47. The van der Waals surface area contributed by atoms with Gasteiger partial charge in [0, 0.05) is 25.3 Å². The Morgan fingerprint density at radius 1 is 1.07 bits per heavy atom. The number of halogens is 1. The molecule has 2 aromatic carbocycles. The Kier molecular flexibility index (Phi) is 6.50. The van der Waals surface area contributed by atoms with Crippen LogP contribution in [0.15, 0.2) is 42.5 Å². The van der Waals surface area contributed by atoms with Gasteiger partial charge in [0.05, 0.1) is 0 Å². The number of amides is 3. The molecule has 2 aromatic rings. The minimum atomic E-state index is -0.727. The molecule has 1 atom stereocenters. The van der Waals surface area contributed by atoms with Gasteiger partial charge in [-0.3, -0.25) is 14.4 Å². The summed E-state index contributed by atoms with van der Waals surface area (Å²) in [7, 11) is 0. The highest BCUT2D eigenvalue weighted by atomic mass is 19.1. The van der Waals surface area contributed by atoms with Gasteiger partial charge in [0.15, 0.2) is 0 Å². The van der Waals surface area contributed by atoms with E-state index in [0.29, 0.717) is 18.7 Å².